The molecule has 1 unspecified atom stereocenters. The van der Waals surface area contributed by atoms with Crippen molar-refractivity contribution in [2.45, 2.75) is 0 Å². The van der Waals surface area contributed by atoms with Crippen molar-refractivity contribution in [3.05, 3.63) is 24.3 Å². The Bertz CT molecular complexity index is 388. The van der Waals surface area contributed by atoms with Crippen LogP contribution in [0.25, 0.3) is 0 Å². The fourth-order valence-corrected chi connectivity index (χ4v) is 1.31. The average Bonchev–Trinajstić information content (AvgIpc) is 2.41. The molecule has 1 aliphatic heterocycles. The number of ether oxygens (including phenoxy) is 1. The molecule has 66 valence electrons. The van der Waals surface area contributed by atoms with Gasteiger partial charge in [-0.15, -0.1) is 4.48 Å². The van der Waals surface area contributed by atoms with Crippen molar-refractivity contribution in [1.82, 2.24) is 4.48 Å². The zero-order chi connectivity index (χ0) is 9.47. The van der Waals surface area contributed by atoms with E-state index in [-0.39, 0.29) is 0 Å². The second kappa shape index (κ2) is 2.40. The molecular weight excluding hydrogens is 170 g/mol. The third-order valence-corrected chi connectivity index (χ3v) is 2.15. The molecule has 4 heteroatoms. The number of hydrogen-bond donors (Lipinski definition) is 0. The lowest BCUT2D eigenvalue weighted by molar-refractivity contribution is -0.114. The van der Waals surface area contributed by atoms with Crippen molar-refractivity contribution >= 4 is 18.2 Å². The SMILES string of the molecule is C[N+]1(C=O)C(=O)Oc2ccccc21. The maximum absolute atomic E-state index is 11.3. The molecule has 0 saturated carbocycles. The Morgan fingerprint density at radius 3 is 2.77 bits per heavy atom. The fraction of sp³-hybridized carbons (Fsp3) is 0.111. The number of quaternary nitrogens is 1. The summed E-state index contributed by atoms with van der Waals surface area (Å²) in [6.45, 7) is 0. The topological polar surface area (TPSA) is 43.4 Å². The number of hydrogen-bond acceptors (Lipinski definition) is 3. The Labute approximate surface area is 74.9 Å². The van der Waals surface area contributed by atoms with Crippen molar-refractivity contribution in [2.75, 3.05) is 7.05 Å². The molecule has 1 atom stereocenters. The van der Waals surface area contributed by atoms with Crippen LogP contribution in [0, 0.1) is 0 Å². The van der Waals surface area contributed by atoms with Gasteiger partial charge in [-0.1, -0.05) is 12.1 Å². The van der Waals surface area contributed by atoms with E-state index in [2.05, 4.69) is 0 Å². The van der Waals surface area contributed by atoms with E-state index in [0.29, 0.717) is 17.8 Å². The number of amides is 2. The predicted octanol–water partition coefficient (Wildman–Crippen LogP) is 1.29. The minimum Gasteiger partial charge on any atom is -0.374 e. The van der Waals surface area contributed by atoms with E-state index in [1.54, 1.807) is 24.3 Å². The van der Waals surface area contributed by atoms with Gasteiger partial charge in [-0.05, 0) is 6.07 Å². The van der Waals surface area contributed by atoms with Crippen LogP contribution in [0.2, 0.25) is 0 Å². The van der Waals surface area contributed by atoms with E-state index in [4.69, 9.17) is 4.74 Å². The zero-order valence-electron chi connectivity index (χ0n) is 7.06. The summed E-state index contributed by atoms with van der Waals surface area (Å²) in [5, 5.41) is 0. The molecule has 2 amide bonds. The average molecular weight is 178 g/mol. The maximum Gasteiger partial charge on any atom is 0.534 e. The van der Waals surface area contributed by atoms with E-state index in [0.717, 1.165) is 0 Å². The summed E-state index contributed by atoms with van der Waals surface area (Å²) in [5.74, 6) is 0.460. The van der Waals surface area contributed by atoms with Crippen LogP contribution in [0.5, 0.6) is 5.75 Å². The summed E-state index contributed by atoms with van der Waals surface area (Å²) in [6.07, 6.45) is 0.00458. The van der Waals surface area contributed by atoms with Gasteiger partial charge >= 0.3 is 12.5 Å². The minimum atomic E-state index is -0.559. The monoisotopic (exact) mass is 178 g/mol. The highest BCUT2D eigenvalue weighted by atomic mass is 16.6. The van der Waals surface area contributed by atoms with Crippen LogP contribution in [0.1, 0.15) is 0 Å². The van der Waals surface area contributed by atoms with Gasteiger partial charge in [0.15, 0.2) is 11.4 Å². The van der Waals surface area contributed by atoms with Crippen molar-refractivity contribution in [1.29, 1.82) is 0 Å². The first-order valence-corrected chi connectivity index (χ1v) is 3.83. The number of carbonyl (C=O) groups is 2. The molecule has 13 heavy (non-hydrogen) atoms. The van der Waals surface area contributed by atoms with Crippen LogP contribution in [0.3, 0.4) is 0 Å². The number of fused-ring (bicyclic) bond motifs is 1. The summed E-state index contributed by atoms with van der Waals surface area (Å²) in [5.41, 5.74) is 0.586. The van der Waals surface area contributed by atoms with Gasteiger partial charge in [0.05, 0.1) is 7.05 Å². The van der Waals surface area contributed by atoms with Crippen molar-refractivity contribution in [3.8, 4) is 5.75 Å². The van der Waals surface area contributed by atoms with Gasteiger partial charge in [-0.3, -0.25) is 0 Å². The quantitative estimate of drug-likeness (QED) is 0.480. The predicted molar refractivity (Wildman–Crippen MR) is 46.2 cm³/mol. The normalized spacial score (nSPS) is 25.2. The van der Waals surface area contributed by atoms with E-state index in [1.807, 2.05) is 0 Å². The first-order valence-electron chi connectivity index (χ1n) is 3.83. The maximum atomic E-state index is 11.3. The van der Waals surface area contributed by atoms with Crippen molar-refractivity contribution in [3.63, 3.8) is 0 Å². The van der Waals surface area contributed by atoms with Crippen LogP contribution in [-0.4, -0.2) is 19.6 Å². The van der Waals surface area contributed by atoms with Gasteiger partial charge in [-0.2, -0.15) is 4.79 Å². The van der Waals surface area contributed by atoms with E-state index in [1.165, 1.54) is 7.05 Å². The molecule has 0 aromatic heterocycles. The molecule has 0 fully saturated rings. The highest BCUT2D eigenvalue weighted by Crippen LogP contribution is 2.37. The third kappa shape index (κ3) is 0.891. The van der Waals surface area contributed by atoms with Crippen LogP contribution >= 0.6 is 0 Å². The number of nitrogens with zero attached hydrogens (tertiary/aromatic N) is 1. The lowest BCUT2D eigenvalue weighted by Gasteiger charge is -2.12. The summed E-state index contributed by atoms with van der Waals surface area (Å²) in [6, 6.07) is 6.89. The van der Waals surface area contributed by atoms with Gasteiger partial charge in [0.25, 0.3) is 0 Å². The standard InChI is InChI=1S/C9H8NO3/c1-10(6-11)7-4-2-3-5-8(7)13-9(10)12/h2-6H,1H3/q+1. The smallest absolute Gasteiger partial charge is 0.374 e. The molecule has 1 aromatic carbocycles. The molecule has 1 aliphatic rings. The van der Waals surface area contributed by atoms with Gasteiger partial charge < -0.3 is 4.74 Å². The first kappa shape index (κ1) is 7.94. The molecule has 0 saturated heterocycles. The Morgan fingerprint density at radius 2 is 2.08 bits per heavy atom. The number of benzene rings is 1. The van der Waals surface area contributed by atoms with Crippen LogP contribution in [0.15, 0.2) is 24.3 Å². The summed E-state index contributed by atoms with van der Waals surface area (Å²) >= 11 is 0. The molecule has 1 aromatic rings. The molecule has 0 bridgehead atoms. The summed E-state index contributed by atoms with van der Waals surface area (Å²) in [7, 11) is 1.50. The fourth-order valence-electron chi connectivity index (χ4n) is 1.31. The van der Waals surface area contributed by atoms with Crippen LogP contribution < -0.4 is 9.22 Å². The highest BCUT2D eigenvalue weighted by Gasteiger charge is 2.46. The molecule has 2 rings (SSSR count). The number of rotatable bonds is 1. The van der Waals surface area contributed by atoms with Crippen LogP contribution in [-0.2, 0) is 4.79 Å². The Morgan fingerprint density at radius 1 is 1.38 bits per heavy atom. The van der Waals surface area contributed by atoms with E-state index >= 15 is 0 Å². The molecule has 4 nitrogen and oxygen atoms in total. The molecule has 0 spiro atoms. The van der Waals surface area contributed by atoms with E-state index < -0.39 is 10.6 Å². The number of para-hydroxylation sites is 2. The van der Waals surface area contributed by atoms with Gasteiger partial charge in [0.2, 0.25) is 0 Å². The summed E-state index contributed by atoms with van der Waals surface area (Å²) in [4.78, 5) is 22.1. The molecular formula is C9H8NO3+. The summed E-state index contributed by atoms with van der Waals surface area (Å²) < 4.78 is 4.48. The number of imide groups is 1. The molecule has 0 aliphatic carbocycles. The van der Waals surface area contributed by atoms with Crippen molar-refractivity contribution in [2.24, 2.45) is 0 Å². The second-order valence-corrected chi connectivity index (χ2v) is 3.02. The van der Waals surface area contributed by atoms with Gasteiger partial charge in [0, 0.05) is 6.07 Å². The largest absolute Gasteiger partial charge is 0.534 e. The van der Waals surface area contributed by atoms with Crippen LogP contribution in [0.4, 0.5) is 10.5 Å². The lowest BCUT2D eigenvalue weighted by atomic mass is 10.3. The minimum absolute atomic E-state index is 0.434. The van der Waals surface area contributed by atoms with E-state index in [9.17, 15) is 9.59 Å². The second-order valence-electron chi connectivity index (χ2n) is 3.02. The molecule has 1 heterocycles. The van der Waals surface area contributed by atoms with Gasteiger partial charge in [0.1, 0.15) is 0 Å². The lowest BCUT2D eigenvalue weighted by Crippen LogP contribution is -2.46. The third-order valence-electron chi connectivity index (χ3n) is 2.15. The number of carbonyl (C=O) groups excluding carboxylic acids is 2. The highest BCUT2D eigenvalue weighted by molar-refractivity contribution is 6.02. The Hall–Kier alpha value is -1.68. The Kier molecular flexibility index (Phi) is 1.47. The zero-order valence-corrected chi connectivity index (χ0v) is 7.06. The first-order chi connectivity index (χ1) is 6.18. The molecule has 0 N–H and O–H groups in total. The van der Waals surface area contributed by atoms with Crippen molar-refractivity contribution < 1.29 is 14.3 Å². The van der Waals surface area contributed by atoms with Gasteiger partial charge in [-0.25, -0.2) is 4.79 Å². The molecule has 0 radical (unpaired) electrons. The Balaban J connectivity index is 2.65.